The van der Waals surface area contributed by atoms with Gasteiger partial charge in [-0.25, -0.2) is 0 Å². The highest BCUT2D eigenvalue weighted by atomic mass is 35.5. The number of rotatable bonds is 7. The summed E-state index contributed by atoms with van der Waals surface area (Å²) in [4.78, 5) is 11.6. The number of carbonyl (C=O) groups is 1. The number of benzene rings is 1. The van der Waals surface area contributed by atoms with Crippen molar-refractivity contribution in [2.75, 3.05) is 13.2 Å². The van der Waals surface area contributed by atoms with Gasteiger partial charge >= 0.3 is 0 Å². The fourth-order valence-electron chi connectivity index (χ4n) is 1.61. The Kier molecular flexibility index (Phi) is 9.00. The first kappa shape index (κ1) is 17.7. The molecule has 0 heterocycles. The molecule has 1 rings (SSSR count). The summed E-state index contributed by atoms with van der Waals surface area (Å²) >= 11 is 0. The molecule has 0 saturated carbocycles. The second-order valence-electron chi connectivity index (χ2n) is 4.69. The molecule has 1 amide bonds. The van der Waals surface area contributed by atoms with E-state index >= 15 is 0 Å². The van der Waals surface area contributed by atoms with Crippen LogP contribution in [0.1, 0.15) is 20.3 Å². The van der Waals surface area contributed by atoms with Gasteiger partial charge in [-0.05, 0) is 24.5 Å². The Morgan fingerprint density at radius 2 is 1.95 bits per heavy atom. The molecule has 0 radical (unpaired) electrons. The minimum Gasteiger partial charge on any atom is -0.492 e. The van der Waals surface area contributed by atoms with Gasteiger partial charge in [0.05, 0.1) is 12.6 Å². The number of halogens is 1. The summed E-state index contributed by atoms with van der Waals surface area (Å²) in [6, 6.07) is 9.08. The lowest BCUT2D eigenvalue weighted by Gasteiger charge is -2.14. The van der Waals surface area contributed by atoms with E-state index in [1.807, 2.05) is 44.2 Å². The number of para-hydroxylation sites is 1. The molecule has 0 saturated heterocycles. The van der Waals surface area contributed by atoms with E-state index in [2.05, 4.69) is 5.32 Å². The number of nitrogens with one attached hydrogen (secondary N) is 1. The van der Waals surface area contributed by atoms with Gasteiger partial charge in [-0.1, -0.05) is 32.0 Å². The largest absolute Gasteiger partial charge is 0.492 e. The van der Waals surface area contributed by atoms with Crippen molar-refractivity contribution < 1.29 is 9.53 Å². The van der Waals surface area contributed by atoms with Crippen molar-refractivity contribution in [3.63, 3.8) is 0 Å². The lowest BCUT2D eigenvalue weighted by atomic mass is 10.0. The van der Waals surface area contributed by atoms with Gasteiger partial charge in [0, 0.05) is 0 Å². The van der Waals surface area contributed by atoms with Crippen LogP contribution in [-0.4, -0.2) is 25.1 Å². The highest BCUT2D eigenvalue weighted by molar-refractivity contribution is 5.85. The molecule has 0 spiro atoms. The lowest BCUT2D eigenvalue weighted by Crippen LogP contribution is -2.42. The predicted molar refractivity (Wildman–Crippen MR) is 79.6 cm³/mol. The molecule has 19 heavy (non-hydrogen) atoms. The Morgan fingerprint density at radius 3 is 2.53 bits per heavy atom. The summed E-state index contributed by atoms with van der Waals surface area (Å²) in [5.74, 6) is 1.12. The zero-order valence-corrected chi connectivity index (χ0v) is 12.3. The number of nitrogens with two attached hydrogens (primary N) is 1. The van der Waals surface area contributed by atoms with Crippen LogP contribution in [0.3, 0.4) is 0 Å². The molecule has 0 unspecified atom stereocenters. The van der Waals surface area contributed by atoms with Crippen molar-refractivity contribution in [1.29, 1.82) is 0 Å². The van der Waals surface area contributed by atoms with Crippen LogP contribution in [0.5, 0.6) is 5.75 Å². The summed E-state index contributed by atoms with van der Waals surface area (Å²) in [6.07, 6.45) is 0.700. The first-order chi connectivity index (χ1) is 8.59. The van der Waals surface area contributed by atoms with Gasteiger partial charge in [-0.2, -0.15) is 0 Å². The fourth-order valence-corrected chi connectivity index (χ4v) is 1.61. The standard InChI is InChI=1S/C14H22N2O2.ClH/c1-11(2)10-13(15)14(17)16-8-9-18-12-6-4-3-5-7-12;/h3-7,11,13H,8-10,15H2,1-2H3,(H,16,17);1H/t13-;/m0./s1. The van der Waals surface area contributed by atoms with Crippen LogP contribution in [0.4, 0.5) is 0 Å². The molecule has 1 atom stereocenters. The average Bonchev–Trinajstić information content (AvgIpc) is 2.34. The second kappa shape index (κ2) is 9.64. The quantitative estimate of drug-likeness (QED) is 0.753. The van der Waals surface area contributed by atoms with Gasteiger partial charge in [-0.3, -0.25) is 4.79 Å². The number of hydrogen-bond acceptors (Lipinski definition) is 3. The number of carbonyl (C=O) groups excluding carboxylic acids is 1. The molecule has 1 aromatic carbocycles. The molecule has 0 aliphatic heterocycles. The van der Waals surface area contributed by atoms with Crippen LogP contribution >= 0.6 is 12.4 Å². The molecule has 108 valence electrons. The summed E-state index contributed by atoms with van der Waals surface area (Å²) < 4.78 is 5.46. The van der Waals surface area contributed by atoms with Gasteiger partial charge in [0.25, 0.3) is 0 Å². The molecular weight excluding hydrogens is 264 g/mol. The van der Waals surface area contributed by atoms with Crippen molar-refractivity contribution in [1.82, 2.24) is 5.32 Å². The Labute approximate surface area is 121 Å². The predicted octanol–water partition coefficient (Wildman–Crippen LogP) is 1.98. The summed E-state index contributed by atoms with van der Waals surface area (Å²) in [5, 5.41) is 2.77. The first-order valence-electron chi connectivity index (χ1n) is 6.30. The van der Waals surface area contributed by atoms with Crippen LogP contribution in [0.2, 0.25) is 0 Å². The van der Waals surface area contributed by atoms with Crippen molar-refractivity contribution in [2.24, 2.45) is 11.7 Å². The zero-order chi connectivity index (χ0) is 13.4. The first-order valence-corrected chi connectivity index (χ1v) is 6.30. The monoisotopic (exact) mass is 286 g/mol. The molecule has 5 heteroatoms. The maximum Gasteiger partial charge on any atom is 0.237 e. The second-order valence-corrected chi connectivity index (χ2v) is 4.69. The number of hydrogen-bond donors (Lipinski definition) is 2. The van der Waals surface area contributed by atoms with Gasteiger partial charge < -0.3 is 15.8 Å². The Bertz CT molecular complexity index is 358. The average molecular weight is 287 g/mol. The van der Waals surface area contributed by atoms with E-state index in [1.54, 1.807) is 0 Å². The Balaban J connectivity index is 0.00000324. The summed E-state index contributed by atoms with van der Waals surface area (Å²) in [7, 11) is 0. The van der Waals surface area contributed by atoms with Crippen LogP contribution in [0.25, 0.3) is 0 Å². The van der Waals surface area contributed by atoms with Gasteiger partial charge in [-0.15, -0.1) is 12.4 Å². The minimum absolute atomic E-state index is 0. The fraction of sp³-hybridized carbons (Fsp3) is 0.500. The molecule has 4 nitrogen and oxygen atoms in total. The molecule has 1 aromatic rings. The topological polar surface area (TPSA) is 64.4 Å². The molecular formula is C14H23ClN2O2. The summed E-state index contributed by atoms with van der Waals surface area (Å²) in [6.45, 7) is 5.01. The van der Waals surface area contributed by atoms with E-state index < -0.39 is 6.04 Å². The molecule has 0 bridgehead atoms. The number of ether oxygens (including phenoxy) is 1. The third-order valence-electron chi connectivity index (χ3n) is 2.48. The Morgan fingerprint density at radius 1 is 1.32 bits per heavy atom. The van der Waals surface area contributed by atoms with Crippen LogP contribution in [0, 0.1) is 5.92 Å². The molecule has 0 aromatic heterocycles. The van der Waals surface area contributed by atoms with Gasteiger partial charge in [0.1, 0.15) is 12.4 Å². The lowest BCUT2D eigenvalue weighted by molar-refractivity contribution is -0.122. The van der Waals surface area contributed by atoms with Gasteiger partial charge in [0.2, 0.25) is 5.91 Å². The molecule has 0 aliphatic carbocycles. The van der Waals surface area contributed by atoms with Crippen LogP contribution < -0.4 is 15.8 Å². The van der Waals surface area contributed by atoms with Crippen molar-refractivity contribution in [2.45, 2.75) is 26.3 Å². The highest BCUT2D eigenvalue weighted by Gasteiger charge is 2.13. The SMILES string of the molecule is CC(C)C[C@H](N)C(=O)NCCOc1ccccc1.Cl. The normalized spacial score (nSPS) is 11.6. The molecule has 0 aliphatic rings. The van der Waals surface area contributed by atoms with Crippen LogP contribution in [-0.2, 0) is 4.79 Å². The van der Waals surface area contributed by atoms with Gasteiger partial charge in [0.15, 0.2) is 0 Å². The van der Waals surface area contributed by atoms with Crippen molar-refractivity contribution in [3.8, 4) is 5.75 Å². The molecule has 0 fully saturated rings. The van der Waals surface area contributed by atoms with E-state index in [0.29, 0.717) is 25.5 Å². The summed E-state index contributed by atoms with van der Waals surface area (Å²) in [5.41, 5.74) is 5.76. The van der Waals surface area contributed by atoms with E-state index in [-0.39, 0.29) is 18.3 Å². The third kappa shape index (κ3) is 7.70. The van der Waals surface area contributed by atoms with Crippen LogP contribution in [0.15, 0.2) is 30.3 Å². The highest BCUT2D eigenvalue weighted by Crippen LogP contribution is 2.07. The third-order valence-corrected chi connectivity index (χ3v) is 2.48. The van der Waals surface area contributed by atoms with E-state index in [0.717, 1.165) is 5.75 Å². The smallest absolute Gasteiger partial charge is 0.237 e. The van der Waals surface area contributed by atoms with E-state index in [9.17, 15) is 4.79 Å². The van der Waals surface area contributed by atoms with E-state index in [4.69, 9.17) is 10.5 Å². The minimum atomic E-state index is -0.429. The zero-order valence-electron chi connectivity index (χ0n) is 11.5. The van der Waals surface area contributed by atoms with Crippen molar-refractivity contribution >= 4 is 18.3 Å². The molecule has 3 N–H and O–H groups in total. The number of amides is 1. The Hall–Kier alpha value is -1.26. The maximum atomic E-state index is 11.6. The van der Waals surface area contributed by atoms with Crippen molar-refractivity contribution in [3.05, 3.63) is 30.3 Å². The maximum absolute atomic E-state index is 11.6. The van der Waals surface area contributed by atoms with E-state index in [1.165, 1.54) is 0 Å².